The smallest absolute Gasteiger partial charge is 0.306 e. The average molecular weight is 425 g/mol. The quantitative estimate of drug-likeness (QED) is 0.652. The second-order valence-corrected chi connectivity index (χ2v) is 8.59. The maximum Gasteiger partial charge on any atom is 0.306 e. The van der Waals surface area contributed by atoms with Crippen molar-refractivity contribution in [3.63, 3.8) is 0 Å². The molecule has 0 radical (unpaired) electrons. The highest BCUT2D eigenvalue weighted by atomic mass is 32.1. The Morgan fingerprint density at radius 1 is 1.20 bits per heavy atom. The van der Waals surface area contributed by atoms with Gasteiger partial charge in [0.25, 0.3) is 0 Å². The van der Waals surface area contributed by atoms with Crippen LogP contribution in [0, 0.1) is 5.92 Å². The van der Waals surface area contributed by atoms with Gasteiger partial charge in [-0.25, -0.2) is 9.97 Å². The second-order valence-electron chi connectivity index (χ2n) is 7.56. The van der Waals surface area contributed by atoms with E-state index in [1.54, 1.807) is 22.6 Å². The molecule has 1 fully saturated rings. The van der Waals surface area contributed by atoms with Crippen LogP contribution in [-0.4, -0.2) is 58.5 Å². The summed E-state index contributed by atoms with van der Waals surface area (Å²) >= 11 is 1.63. The van der Waals surface area contributed by atoms with Crippen molar-refractivity contribution in [1.82, 2.24) is 14.9 Å². The molecule has 1 aliphatic heterocycles. The molecule has 0 aliphatic carbocycles. The number of piperidine rings is 1. The number of carbonyl (C=O) groups excluding carboxylic acids is 1. The van der Waals surface area contributed by atoms with Crippen molar-refractivity contribution < 1.29 is 14.7 Å². The van der Waals surface area contributed by atoms with Gasteiger partial charge in [0.15, 0.2) is 0 Å². The van der Waals surface area contributed by atoms with Crippen molar-refractivity contribution in [2.75, 3.05) is 31.6 Å². The highest BCUT2D eigenvalue weighted by Crippen LogP contribution is 2.35. The minimum Gasteiger partial charge on any atom is -0.481 e. The van der Waals surface area contributed by atoms with E-state index in [2.05, 4.69) is 28.2 Å². The summed E-state index contributed by atoms with van der Waals surface area (Å²) in [5.41, 5.74) is 1.15. The van der Waals surface area contributed by atoms with Crippen LogP contribution in [0.4, 0.5) is 5.82 Å². The molecular formula is C22H24N4O3S. The predicted molar refractivity (Wildman–Crippen MR) is 118 cm³/mol. The minimum absolute atomic E-state index is 0.0614. The first-order valence-electron chi connectivity index (χ1n) is 10.0. The number of amides is 1. The van der Waals surface area contributed by atoms with Crippen LogP contribution in [0.5, 0.6) is 0 Å². The Labute approximate surface area is 179 Å². The van der Waals surface area contributed by atoms with Crippen LogP contribution >= 0.6 is 11.3 Å². The number of aliphatic carboxylic acids is 1. The van der Waals surface area contributed by atoms with E-state index < -0.39 is 5.97 Å². The lowest BCUT2D eigenvalue weighted by atomic mass is 9.97. The summed E-state index contributed by atoms with van der Waals surface area (Å²) in [6.07, 6.45) is 2.99. The van der Waals surface area contributed by atoms with Gasteiger partial charge in [0.05, 0.1) is 11.3 Å². The summed E-state index contributed by atoms with van der Waals surface area (Å²) in [5.74, 6) is -0.217. The van der Waals surface area contributed by atoms with E-state index in [-0.39, 0.29) is 11.8 Å². The molecule has 8 heteroatoms. The summed E-state index contributed by atoms with van der Waals surface area (Å²) < 4.78 is 0. The van der Waals surface area contributed by atoms with Gasteiger partial charge in [-0.2, -0.15) is 0 Å². The molecule has 156 valence electrons. The van der Waals surface area contributed by atoms with E-state index in [1.807, 2.05) is 30.1 Å². The Bertz CT molecular complexity index is 1040. The number of aromatic nitrogens is 2. The molecule has 0 unspecified atom stereocenters. The van der Waals surface area contributed by atoms with Crippen molar-refractivity contribution in [3.8, 4) is 10.4 Å². The molecule has 0 saturated carbocycles. The molecule has 30 heavy (non-hydrogen) atoms. The first kappa shape index (κ1) is 20.3. The van der Waals surface area contributed by atoms with Gasteiger partial charge in [0.1, 0.15) is 17.0 Å². The number of benzene rings is 1. The van der Waals surface area contributed by atoms with Gasteiger partial charge in [-0.1, -0.05) is 30.3 Å². The van der Waals surface area contributed by atoms with Crippen LogP contribution in [0.15, 0.2) is 42.7 Å². The summed E-state index contributed by atoms with van der Waals surface area (Å²) in [6.45, 7) is 1.57. The second kappa shape index (κ2) is 8.79. The molecule has 1 amide bonds. The number of likely N-dealkylation sites (tertiary alicyclic amines) is 1. The third-order valence-electron chi connectivity index (χ3n) is 5.59. The van der Waals surface area contributed by atoms with E-state index in [0.717, 1.165) is 26.5 Å². The summed E-state index contributed by atoms with van der Waals surface area (Å²) in [6, 6.07) is 12.3. The lowest BCUT2D eigenvalue weighted by molar-refractivity contribution is -0.145. The fourth-order valence-corrected chi connectivity index (χ4v) is 4.79. The lowest BCUT2D eigenvalue weighted by Gasteiger charge is -2.30. The van der Waals surface area contributed by atoms with E-state index in [4.69, 9.17) is 5.11 Å². The molecule has 0 bridgehead atoms. The number of thiophene rings is 1. The van der Waals surface area contributed by atoms with E-state index in [0.29, 0.717) is 38.9 Å². The normalized spacial score (nSPS) is 14.8. The first-order chi connectivity index (χ1) is 14.5. The monoisotopic (exact) mass is 424 g/mol. The first-order valence-corrected chi connectivity index (χ1v) is 10.9. The van der Waals surface area contributed by atoms with Gasteiger partial charge in [-0.3, -0.25) is 9.59 Å². The molecule has 2 aromatic heterocycles. The summed E-state index contributed by atoms with van der Waals surface area (Å²) in [7, 11) is 1.94. The number of anilines is 1. The molecule has 0 spiro atoms. The fourth-order valence-electron chi connectivity index (χ4n) is 3.80. The Balaban J connectivity index is 1.42. The number of carbonyl (C=O) groups is 2. The maximum absolute atomic E-state index is 12.6. The summed E-state index contributed by atoms with van der Waals surface area (Å²) in [4.78, 5) is 38.4. The largest absolute Gasteiger partial charge is 0.481 e. The number of carboxylic acids is 1. The molecule has 3 aromatic rings. The SMILES string of the molecule is CN(CCC(=O)N1CCC(C(=O)O)CC1)c1ncnc2sc(-c3ccccc3)cc12. The van der Waals surface area contributed by atoms with Crippen LogP contribution < -0.4 is 4.90 Å². The highest BCUT2D eigenvalue weighted by Gasteiger charge is 2.27. The number of rotatable bonds is 6. The fraction of sp³-hybridized carbons (Fsp3) is 0.364. The van der Waals surface area contributed by atoms with Gasteiger partial charge in [-0.15, -0.1) is 11.3 Å². The van der Waals surface area contributed by atoms with Crippen LogP contribution in [0.25, 0.3) is 20.7 Å². The van der Waals surface area contributed by atoms with E-state index >= 15 is 0 Å². The molecule has 1 aliphatic rings. The lowest BCUT2D eigenvalue weighted by Crippen LogP contribution is -2.41. The number of carboxylic acid groups (broad SMARTS) is 1. The van der Waals surface area contributed by atoms with Gasteiger partial charge < -0.3 is 14.9 Å². The van der Waals surface area contributed by atoms with Crippen molar-refractivity contribution in [2.24, 2.45) is 5.92 Å². The van der Waals surface area contributed by atoms with Crippen molar-refractivity contribution in [2.45, 2.75) is 19.3 Å². The minimum atomic E-state index is -0.764. The average Bonchev–Trinajstić information content (AvgIpc) is 3.22. The molecule has 1 saturated heterocycles. The van der Waals surface area contributed by atoms with Crippen LogP contribution in [-0.2, 0) is 9.59 Å². The number of hydrogen-bond donors (Lipinski definition) is 1. The van der Waals surface area contributed by atoms with Crippen molar-refractivity contribution >= 4 is 39.2 Å². The third-order valence-corrected chi connectivity index (χ3v) is 6.68. The van der Waals surface area contributed by atoms with E-state index in [1.165, 1.54) is 0 Å². The molecule has 1 N–H and O–H groups in total. The molecular weight excluding hydrogens is 400 g/mol. The summed E-state index contributed by atoms with van der Waals surface area (Å²) in [5, 5.41) is 10.1. The number of hydrogen-bond acceptors (Lipinski definition) is 6. The zero-order valence-corrected chi connectivity index (χ0v) is 17.6. The maximum atomic E-state index is 12.6. The van der Waals surface area contributed by atoms with Crippen LogP contribution in [0.2, 0.25) is 0 Å². The Morgan fingerprint density at radius 2 is 1.93 bits per heavy atom. The van der Waals surface area contributed by atoms with Gasteiger partial charge >= 0.3 is 5.97 Å². The number of fused-ring (bicyclic) bond motifs is 1. The highest BCUT2D eigenvalue weighted by molar-refractivity contribution is 7.21. The Morgan fingerprint density at radius 3 is 2.63 bits per heavy atom. The molecule has 7 nitrogen and oxygen atoms in total. The van der Waals surface area contributed by atoms with Crippen LogP contribution in [0.1, 0.15) is 19.3 Å². The van der Waals surface area contributed by atoms with Crippen molar-refractivity contribution in [1.29, 1.82) is 0 Å². The third kappa shape index (κ3) is 4.28. The molecule has 3 heterocycles. The Kier molecular flexibility index (Phi) is 5.94. The topological polar surface area (TPSA) is 86.6 Å². The zero-order valence-electron chi connectivity index (χ0n) is 16.8. The van der Waals surface area contributed by atoms with Gasteiger partial charge in [-0.05, 0) is 24.5 Å². The van der Waals surface area contributed by atoms with Gasteiger partial charge in [0, 0.05) is 38.0 Å². The van der Waals surface area contributed by atoms with Crippen molar-refractivity contribution in [3.05, 3.63) is 42.7 Å². The number of nitrogens with zero attached hydrogens (tertiary/aromatic N) is 4. The van der Waals surface area contributed by atoms with E-state index in [9.17, 15) is 9.59 Å². The molecule has 1 aromatic carbocycles. The predicted octanol–water partition coefficient (Wildman–Crippen LogP) is 3.51. The van der Waals surface area contributed by atoms with Crippen LogP contribution in [0.3, 0.4) is 0 Å². The standard InChI is InChI=1S/C22H24N4O3S/c1-25(10-9-19(27)26-11-7-16(8-12-26)22(28)29)20-17-13-18(15-5-3-2-4-6-15)30-21(17)24-14-23-20/h2-6,13-14,16H,7-12H2,1H3,(H,28,29). The molecule has 4 rings (SSSR count). The van der Waals surface area contributed by atoms with Gasteiger partial charge in [0.2, 0.25) is 5.91 Å². The Hall–Kier alpha value is -3.00. The zero-order chi connectivity index (χ0) is 21.1. The molecule has 0 atom stereocenters.